The van der Waals surface area contributed by atoms with Gasteiger partial charge in [-0.25, -0.2) is 0 Å². The third kappa shape index (κ3) is 3.25. The van der Waals surface area contributed by atoms with Gasteiger partial charge in [-0.15, -0.1) is 0 Å². The van der Waals surface area contributed by atoms with Crippen molar-refractivity contribution in [3.8, 4) is 0 Å². The number of rotatable bonds is 2. The number of hydrogen-bond acceptors (Lipinski definition) is 1. The van der Waals surface area contributed by atoms with Gasteiger partial charge in [0, 0.05) is 12.0 Å². The van der Waals surface area contributed by atoms with Crippen LogP contribution in [0.25, 0.3) is 0 Å². The summed E-state index contributed by atoms with van der Waals surface area (Å²) in [6.07, 6.45) is 19.1. The van der Waals surface area contributed by atoms with Crippen LogP contribution in [0, 0.1) is 46.8 Å². The second-order valence-corrected chi connectivity index (χ2v) is 11.9. The monoisotopic (exact) mass is 385 g/mol. The minimum absolute atomic E-state index is 0.286. The summed E-state index contributed by atoms with van der Waals surface area (Å²) in [5, 5.41) is 3.50. The molecule has 0 bridgehead atoms. The quantitative estimate of drug-likeness (QED) is 0.590. The van der Waals surface area contributed by atoms with Gasteiger partial charge in [-0.05, 0) is 105 Å². The van der Waals surface area contributed by atoms with Crippen molar-refractivity contribution in [3.63, 3.8) is 0 Å². The highest BCUT2D eigenvalue weighted by Crippen LogP contribution is 2.64. The molecule has 0 aromatic carbocycles. The van der Waals surface area contributed by atoms with E-state index in [1.807, 2.05) is 0 Å². The summed E-state index contributed by atoms with van der Waals surface area (Å²) in [4.78, 5) is 13.3. The zero-order valence-electron chi connectivity index (χ0n) is 18.4. The fourth-order valence-corrected chi connectivity index (χ4v) is 9.07. The topological polar surface area (TPSA) is 29.1 Å². The Balaban J connectivity index is 1.28. The summed E-state index contributed by atoms with van der Waals surface area (Å²) in [7, 11) is 0. The Labute approximate surface area is 173 Å². The lowest BCUT2D eigenvalue weighted by atomic mass is 9.49. The molecule has 0 heterocycles. The molecular weight excluding hydrogens is 342 g/mol. The standard InChI is InChI=1S/C26H43NO/c1-17-8-10-20-18(16-17)9-11-22-21(20)14-15-26(2)23(22)12-13-24(26)25(28)27-19-6-4-3-5-7-19/h17-24H,3-16H2,1-2H3,(H,27,28)/t17?,18?,20?,21?,22?,23?,24-,26?/m1/s1. The van der Waals surface area contributed by atoms with E-state index in [-0.39, 0.29) is 5.41 Å². The molecule has 1 amide bonds. The van der Waals surface area contributed by atoms with Crippen molar-refractivity contribution in [3.05, 3.63) is 0 Å². The highest BCUT2D eigenvalue weighted by molar-refractivity contribution is 5.80. The minimum Gasteiger partial charge on any atom is -0.353 e. The van der Waals surface area contributed by atoms with E-state index >= 15 is 0 Å². The average Bonchev–Trinajstić information content (AvgIpc) is 3.05. The number of nitrogens with one attached hydrogen (secondary N) is 1. The second kappa shape index (κ2) is 7.62. The minimum atomic E-state index is 0.286. The zero-order chi connectivity index (χ0) is 19.3. The van der Waals surface area contributed by atoms with E-state index in [2.05, 4.69) is 19.2 Å². The molecule has 5 saturated carbocycles. The van der Waals surface area contributed by atoms with Gasteiger partial charge in [0.05, 0.1) is 0 Å². The first-order chi connectivity index (χ1) is 13.6. The first-order valence-corrected chi connectivity index (χ1v) is 12.9. The lowest BCUT2D eigenvalue weighted by molar-refractivity contribution is -0.133. The largest absolute Gasteiger partial charge is 0.353 e. The molecule has 8 atom stereocenters. The lowest BCUT2D eigenvalue weighted by Crippen LogP contribution is -2.51. The second-order valence-electron chi connectivity index (χ2n) is 11.9. The first-order valence-electron chi connectivity index (χ1n) is 12.9. The SMILES string of the molecule is CC1CCC2C(CCC3C2CCC2(C)C3CC[C@@H]2C(=O)NC2CCCCC2)C1. The lowest BCUT2D eigenvalue weighted by Gasteiger charge is -2.56. The smallest absolute Gasteiger partial charge is 0.223 e. The van der Waals surface area contributed by atoms with Gasteiger partial charge < -0.3 is 5.32 Å². The van der Waals surface area contributed by atoms with Crippen molar-refractivity contribution in [1.82, 2.24) is 5.32 Å². The highest BCUT2D eigenvalue weighted by atomic mass is 16.2. The summed E-state index contributed by atoms with van der Waals surface area (Å²) < 4.78 is 0. The number of hydrogen-bond donors (Lipinski definition) is 1. The molecule has 28 heavy (non-hydrogen) atoms. The molecule has 0 aromatic rings. The van der Waals surface area contributed by atoms with Crippen molar-refractivity contribution < 1.29 is 4.79 Å². The fourth-order valence-electron chi connectivity index (χ4n) is 9.07. The summed E-state index contributed by atoms with van der Waals surface area (Å²) in [5.41, 5.74) is 0.286. The predicted molar refractivity (Wildman–Crippen MR) is 115 cm³/mol. The Hall–Kier alpha value is -0.530. The van der Waals surface area contributed by atoms with Gasteiger partial charge in [0.15, 0.2) is 0 Å². The van der Waals surface area contributed by atoms with Crippen molar-refractivity contribution in [1.29, 1.82) is 0 Å². The number of carbonyl (C=O) groups is 1. The van der Waals surface area contributed by atoms with E-state index in [9.17, 15) is 4.79 Å². The molecule has 2 heteroatoms. The van der Waals surface area contributed by atoms with Crippen molar-refractivity contribution in [2.24, 2.45) is 46.8 Å². The van der Waals surface area contributed by atoms with Crippen molar-refractivity contribution in [2.45, 2.75) is 110 Å². The Morgan fingerprint density at radius 1 is 0.821 bits per heavy atom. The molecule has 5 fully saturated rings. The van der Waals surface area contributed by atoms with Crippen LogP contribution in [0.4, 0.5) is 0 Å². The molecule has 5 aliphatic rings. The summed E-state index contributed by atoms with van der Waals surface area (Å²) >= 11 is 0. The number of amides is 1. The van der Waals surface area contributed by atoms with Gasteiger partial charge in [-0.2, -0.15) is 0 Å². The van der Waals surface area contributed by atoms with Crippen LogP contribution in [0.15, 0.2) is 0 Å². The van der Waals surface area contributed by atoms with Crippen LogP contribution in [0.5, 0.6) is 0 Å². The third-order valence-electron chi connectivity index (χ3n) is 10.5. The molecule has 1 N–H and O–H groups in total. The summed E-state index contributed by atoms with van der Waals surface area (Å²) in [6, 6.07) is 0.472. The van der Waals surface area contributed by atoms with E-state index in [0.717, 1.165) is 41.9 Å². The van der Waals surface area contributed by atoms with Crippen LogP contribution in [0.1, 0.15) is 104 Å². The van der Waals surface area contributed by atoms with Gasteiger partial charge >= 0.3 is 0 Å². The van der Waals surface area contributed by atoms with E-state index in [1.54, 1.807) is 0 Å². The predicted octanol–water partition coefficient (Wildman–Crippen LogP) is 6.34. The molecule has 0 saturated heterocycles. The summed E-state index contributed by atoms with van der Waals surface area (Å²) in [5.74, 6) is 6.49. The Bertz CT molecular complexity index is 581. The van der Waals surface area contributed by atoms with Crippen molar-refractivity contribution >= 4 is 5.91 Å². The highest BCUT2D eigenvalue weighted by Gasteiger charge is 2.58. The van der Waals surface area contributed by atoms with Gasteiger partial charge in [0.25, 0.3) is 0 Å². The Morgan fingerprint density at radius 2 is 1.61 bits per heavy atom. The fraction of sp³-hybridized carbons (Fsp3) is 0.962. The van der Waals surface area contributed by atoms with Crippen LogP contribution in [-0.4, -0.2) is 11.9 Å². The van der Waals surface area contributed by atoms with Crippen LogP contribution in [0.2, 0.25) is 0 Å². The maximum atomic E-state index is 13.3. The third-order valence-corrected chi connectivity index (χ3v) is 10.5. The van der Waals surface area contributed by atoms with E-state index in [1.165, 1.54) is 83.5 Å². The number of carbonyl (C=O) groups excluding carboxylic acids is 1. The molecule has 2 nitrogen and oxygen atoms in total. The van der Waals surface area contributed by atoms with E-state index in [0.29, 0.717) is 17.9 Å². The van der Waals surface area contributed by atoms with Crippen molar-refractivity contribution in [2.75, 3.05) is 0 Å². The molecule has 158 valence electrons. The van der Waals surface area contributed by atoms with Gasteiger partial charge in [-0.1, -0.05) is 39.5 Å². The zero-order valence-corrected chi connectivity index (χ0v) is 18.4. The first kappa shape index (κ1) is 19.4. The number of fused-ring (bicyclic) bond motifs is 5. The Morgan fingerprint density at radius 3 is 2.43 bits per heavy atom. The van der Waals surface area contributed by atoms with Gasteiger partial charge in [-0.3, -0.25) is 4.79 Å². The average molecular weight is 386 g/mol. The molecule has 0 radical (unpaired) electrons. The van der Waals surface area contributed by atoms with E-state index < -0.39 is 0 Å². The van der Waals surface area contributed by atoms with Crippen LogP contribution in [0.3, 0.4) is 0 Å². The normalized spacial score (nSPS) is 49.0. The molecule has 0 aliphatic heterocycles. The van der Waals surface area contributed by atoms with Crippen LogP contribution in [-0.2, 0) is 4.79 Å². The maximum absolute atomic E-state index is 13.3. The van der Waals surface area contributed by atoms with Crippen LogP contribution < -0.4 is 5.32 Å². The maximum Gasteiger partial charge on any atom is 0.223 e. The molecule has 0 spiro atoms. The van der Waals surface area contributed by atoms with Gasteiger partial charge in [0.2, 0.25) is 5.91 Å². The Kier molecular flexibility index (Phi) is 5.29. The molecular formula is C26H43NO. The van der Waals surface area contributed by atoms with E-state index in [4.69, 9.17) is 0 Å². The molecule has 0 aromatic heterocycles. The molecule has 5 aliphatic carbocycles. The van der Waals surface area contributed by atoms with Gasteiger partial charge in [0.1, 0.15) is 0 Å². The molecule has 7 unspecified atom stereocenters. The summed E-state index contributed by atoms with van der Waals surface area (Å²) in [6.45, 7) is 4.99. The molecule has 5 rings (SSSR count). The van der Waals surface area contributed by atoms with Crippen LogP contribution >= 0.6 is 0 Å².